The van der Waals surface area contributed by atoms with Crippen molar-refractivity contribution in [3.8, 4) is 34.5 Å². The molecule has 0 radical (unpaired) electrons. The molecule has 0 spiro atoms. The van der Waals surface area contributed by atoms with Crippen molar-refractivity contribution in [1.29, 1.82) is 0 Å². The van der Waals surface area contributed by atoms with Gasteiger partial charge in [-0.25, -0.2) is 9.59 Å². The summed E-state index contributed by atoms with van der Waals surface area (Å²) in [5.74, 6) is 2.63. The minimum atomic E-state index is -0.767. The maximum Gasteiger partial charge on any atom is 0.350 e. The Labute approximate surface area is 347 Å². The van der Waals surface area contributed by atoms with E-state index >= 15 is 0 Å². The summed E-state index contributed by atoms with van der Waals surface area (Å²) in [4.78, 5) is 25.5. The van der Waals surface area contributed by atoms with Gasteiger partial charge in [0.2, 0.25) is 0 Å². The van der Waals surface area contributed by atoms with Crippen molar-refractivity contribution in [2.24, 2.45) is 0 Å². The molecule has 58 heavy (non-hydrogen) atoms. The van der Waals surface area contributed by atoms with Crippen molar-refractivity contribution in [2.75, 3.05) is 109 Å². The predicted molar refractivity (Wildman–Crippen MR) is 219 cm³/mol. The summed E-state index contributed by atoms with van der Waals surface area (Å²) >= 11 is 6.25. The van der Waals surface area contributed by atoms with Gasteiger partial charge in [0.05, 0.1) is 95.8 Å². The molecule has 0 aromatic heterocycles. The quantitative estimate of drug-likeness (QED) is 0.0573. The van der Waals surface area contributed by atoms with Crippen LogP contribution in [0.4, 0.5) is 0 Å². The van der Waals surface area contributed by atoms with Crippen molar-refractivity contribution < 1.29 is 61.2 Å². The molecule has 14 heteroatoms. The molecule has 3 aromatic carbocycles. The van der Waals surface area contributed by atoms with Crippen LogP contribution in [0.25, 0.3) is 0 Å². The molecule has 0 amide bonds. The largest absolute Gasteiger partial charge is 0.493 e. The molecule has 316 valence electrons. The number of ether oxygens (including phenoxy) is 9. The first-order valence-corrected chi connectivity index (χ1v) is 20.0. The lowest BCUT2D eigenvalue weighted by atomic mass is 9.86. The Kier molecular flexibility index (Phi) is 16.0. The fraction of sp³-hybridized carbons (Fsp3) is 0.500. The van der Waals surface area contributed by atoms with E-state index in [1.165, 1.54) is 11.1 Å². The average Bonchev–Trinajstić information content (AvgIpc) is 3.24. The number of rotatable bonds is 20. The van der Waals surface area contributed by atoms with E-state index in [1.54, 1.807) is 42.7 Å². The van der Waals surface area contributed by atoms with Gasteiger partial charge >= 0.3 is 11.9 Å². The fourth-order valence-electron chi connectivity index (χ4n) is 8.15. The highest BCUT2D eigenvalue weighted by Gasteiger charge is 2.40. The number of benzene rings is 3. The highest BCUT2D eigenvalue weighted by molar-refractivity contribution is 6.42. The number of nitrogens with zero attached hydrogens (tertiary/aromatic N) is 2. The van der Waals surface area contributed by atoms with Crippen LogP contribution < -0.4 is 28.4 Å². The Bertz CT molecular complexity index is 1900. The van der Waals surface area contributed by atoms with Gasteiger partial charge in [-0.3, -0.25) is 0 Å². The third-order valence-corrected chi connectivity index (χ3v) is 11.7. The van der Waals surface area contributed by atoms with E-state index in [1.807, 2.05) is 30.3 Å². The second-order valence-electron chi connectivity index (χ2n) is 15.0. The van der Waals surface area contributed by atoms with Crippen molar-refractivity contribution >= 4 is 23.5 Å². The Balaban J connectivity index is 1.15. The maximum atomic E-state index is 12.8. The lowest BCUT2D eigenvalue weighted by Crippen LogP contribution is -2.55. The number of morpholine rings is 1. The SMILES string of the molecule is COc1ccc(CC2c3cc(OC)c(OC)cc3CC[N+]2(C)CCCOC(=O)C(Cl)=CC(=O)OCCC[N+]2(Cc3ccc(OC)c(OC)c3)CCOCC2)cc1OC. The van der Waals surface area contributed by atoms with Crippen LogP contribution >= 0.6 is 11.6 Å². The van der Waals surface area contributed by atoms with E-state index in [-0.39, 0.29) is 24.3 Å². The van der Waals surface area contributed by atoms with Gasteiger partial charge < -0.3 is 51.6 Å². The lowest BCUT2D eigenvalue weighted by molar-refractivity contribution is -0.947. The minimum Gasteiger partial charge on any atom is -0.493 e. The monoisotopic (exact) mass is 826 g/mol. The molecule has 0 aliphatic carbocycles. The Morgan fingerprint density at radius 3 is 1.90 bits per heavy atom. The molecule has 0 N–H and O–H groups in total. The van der Waals surface area contributed by atoms with E-state index in [0.29, 0.717) is 65.0 Å². The average molecular weight is 827 g/mol. The van der Waals surface area contributed by atoms with Gasteiger partial charge in [-0.15, -0.1) is 0 Å². The van der Waals surface area contributed by atoms with Gasteiger partial charge in [0.25, 0.3) is 0 Å². The van der Waals surface area contributed by atoms with E-state index in [4.69, 9.17) is 54.2 Å². The van der Waals surface area contributed by atoms with Crippen LogP contribution in [0, 0.1) is 0 Å². The Morgan fingerprint density at radius 2 is 1.26 bits per heavy atom. The summed E-state index contributed by atoms with van der Waals surface area (Å²) in [6.07, 6.45) is 3.77. The second kappa shape index (κ2) is 20.8. The Morgan fingerprint density at radius 1 is 0.707 bits per heavy atom. The second-order valence-corrected chi connectivity index (χ2v) is 15.4. The highest BCUT2D eigenvalue weighted by Crippen LogP contribution is 2.43. The predicted octanol–water partition coefficient (Wildman–Crippen LogP) is 6.06. The zero-order valence-electron chi connectivity index (χ0n) is 34.9. The number of methoxy groups -OCH3 is 6. The summed E-state index contributed by atoms with van der Waals surface area (Å²) in [5.41, 5.74) is 4.62. The van der Waals surface area contributed by atoms with Crippen LogP contribution in [-0.2, 0) is 43.2 Å². The molecule has 1 saturated heterocycles. The van der Waals surface area contributed by atoms with Gasteiger partial charge in [-0.2, -0.15) is 0 Å². The molecular formula is C44H59ClN2O11+2. The van der Waals surface area contributed by atoms with Crippen LogP contribution in [0.15, 0.2) is 59.6 Å². The molecule has 0 saturated carbocycles. The molecule has 2 atom stereocenters. The van der Waals surface area contributed by atoms with Crippen molar-refractivity contribution in [1.82, 2.24) is 0 Å². The van der Waals surface area contributed by atoms with Gasteiger partial charge in [0, 0.05) is 42.9 Å². The van der Waals surface area contributed by atoms with Crippen molar-refractivity contribution in [3.63, 3.8) is 0 Å². The van der Waals surface area contributed by atoms with Gasteiger partial charge in [0.15, 0.2) is 34.5 Å². The van der Waals surface area contributed by atoms with E-state index < -0.39 is 11.9 Å². The first-order chi connectivity index (χ1) is 28.0. The van der Waals surface area contributed by atoms with Crippen LogP contribution in [0.5, 0.6) is 34.5 Å². The van der Waals surface area contributed by atoms with Crippen molar-refractivity contribution in [2.45, 2.75) is 38.3 Å². The smallest absolute Gasteiger partial charge is 0.350 e. The number of quaternary nitrogens is 2. The van der Waals surface area contributed by atoms with Crippen molar-refractivity contribution in [3.05, 3.63) is 81.9 Å². The molecular weight excluding hydrogens is 768 g/mol. The first-order valence-electron chi connectivity index (χ1n) is 19.7. The summed E-state index contributed by atoms with van der Waals surface area (Å²) in [6.45, 7) is 6.47. The summed E-state index contributed by atoms with van der Waals surface area (Å²) in [5, 5.41) is -0.324. The zero-order chi connectivity index (χ0) is 41.7. The molecule has 1 fully saturated rings. The number of esters is 2. The van der Waals surface area contributed by atoms with Crippen LogP contribution in [0.3, 0.4) is 0 Å². The van der Waals surface area contributed by atoms with Gasteiger partial charge in [0.1, 0.15) is 30.7 Å². The number of likely N-dealkylation sites (N-methyl/N-ethyl adjacent to an activating group) is 1. The van der Waals surface area contributed by atoms with Crippen LogP contribution in [0.1, 0.15) is 41.1 Å². The molecule has 2 aliphatic heterocycles. The normalized spacial score (nSPS) is 18.7. The van der Waals surface area contributed by atoms with E-state index in [0.717, 1.165) is 73.8 Å². The molecule has 0 bridgehead atoms. The molecule has 2 unspecified atom stereocenters. The fourth-order valence-corrected chi connectivity index (χ4v) is 8.30. The topological polar surface area (TPSA) is 117 Å². The summed E-state index contributed by atoms with van der Waals surface area (Å²) < 4.78 is 51.5. The van der Waals surface area contributed by atoms with Gasteiger partial charge in [-0.1, -0.05) is 17.7 Å². The third kappa shape index (κ3) is 11.1. The van der Waals surface area contributed by atoms with E-state index in [2.05, 4.69) is 25.2 Å². The number of hydrogen-bond acceptors (Lipinski definition) is 11. The molecule has 2 heterocycles. The molecule has 3 aromatic rings. The number of carbonyl (C=O) groups excluding carboxylic acids is 2. The first kappa shape index (κ1) is 44.4. The molecule has 2 aliphatic rings. The number of halogens is 1. The van der Waals surface area contributed by atoms with Crippen LogP contribution in [-0.4, -0.2) is 130 Å². The minimum absolute atomic E-state index is 0.0571. The Hall–Kier alpha value is -4.69. The highest BCUT2D eigenvalue weighted by atomic mass is 35.5. The standard InChI is InChI=1S/C44H59ClN2O11/c1-46(17-14-33-27-41(54-6)42(55-7)28-34(33)36(46)24-31-10-12-37(50-2)39(25-31)52-4)15-8-21-58-44(49)35(45)29-43(48)57-20-9-16-47(18-22-56-23-19-47)30-32-11-13-38(51-3)40(26-32)53-5/h10-13,25-29,36H,8-9,14-24,30H2,1-7H3/q+2. The van der Waals surface area contributed by atoms with Crippen LogP contribution in [0.2, 0.25) is 0 Å². The number of hydrogen-bond donors (Lipinski definition) is 0. The van der Waals surface area contributed by atoms with E-state index in [9.17, 15) is 9.59 Å². The number of carbonyl (C=O) groups is 2. The third-order valence-electron chi connectivity index (χ3n) is 11.4. The zero-order valence-corrected chi connectivity index (χ0v) is 35.7. The maximum absolute atomic E-state index is 12.8. The summed E-state index contributed by atoms with van der Waals surface area (Å²) in [7, 11) is 12.0. The lowest BCUT2D eigenvalue weighted by Gasteiger charge is -2.46. The van der Waals surface area contributed by atoms with Gasteiger partial charge in [-0.05, 0) is 53.6 Å². The number of fused-ring (bicyclic) bond motifs is 1. The molecule has 13 nitrogen and oxygen atoms in total. The summed E-state index contributed by atoms with van der Waals surface area (Å²) in [6, 6.07) is 16.2. The molecule has 5 rings (SSSR count).